The zero-order chi connectivity index (χ0) is 21.7. The van der Waals surface area contributed by atoms with Gasteiger partial charge in [-0.2, -0.15) is 0 Å². The molecule has 6 heteroatoms. The van der Waals surface area contributed by atoms with Crippen molar-refractivity contribution in [2.75, 3.05) is 28.4 Å². The predicted molar refractivity (Wildman–Crippen MR) is 108 cm³/mol. The van der Waals surface area contributed by atoms with Crippen LogP contribution in [0.25, 0.3) is 21.9 Å². The van der Waals surface area contributed by atoms with E-state index in [0.717, 1.165) is 5.56 Å². The van der Waals surface area contributed by atoms with Crippen LogP contribution in [0.15, 0.2) is 35.4 Å². The van der Waals surface area contributed by atoms with Crippen LogP contribution in [0.5, 0.6) is 23.0 Å². The van der Waals surface area contributed by atoms with Gasteiger partial charge in [0.15, 0.2) is 0 Å². The summed E-state index contributed by atoms with van der Waals surface area (Å²) in [5.41, 5.74) is 3.67. The largest absolute Gasteiger partial charge is 0.496 e. The van der Waals surface area contributed by atoms with Crippen molar-refractivity contribution in [3.05, 3.63) is 47.0 Å². The van der Waals surface area contributed by atoms with Gasteiger partial charge in [0.25, 0.3) is 0 Å². The number of nitrogens with zero attached hydrogens (tertiary/aromatic N) is 1. The van der Waals surface area contributed by atoms with Crippen LogP contribution < -0.4 is 18.9 Å². The molecule has 0 aromatic heterocycles. The first-order valence-electron chi connectivity index (χ1n) is 9.61. The maximum Gasteiger partial charge on any atom is 0.140 e. The molecule has 144 valence electrons. The van der Waals surface area contributed by atoms with E-state index in [1.54, 1.807) is 7.11 Å². The fraction of sp³-hybridized carbons (Fsp3) is 0.227. The number of oxime groups is 1. The Labute approximate surface area is 165 Å². The second-order valence-electron chi connectivity index (χ2n) is 6.37. The van der Waals surface area contributed by atoms with Crippen LogP contribution in [0.4, 0.5) is 0 Å². The third kappa shape index (κ3) is 2.24. The van der Waals surface area contributed by atoms with Gasteiger partial charge in [-0.25, -0.2) is 0 Å². The monoisotopic (exact) mass is 381 g/mol. The van der Waals surface area contributed by atoms with Gasteiger partial charge in [-0.1, -0.05) is 17.3 Å². The van der Waals surface area contributed by atoms with E-state index in [1.165, 1.54) is 27.4 Å². The Bertz CT molecular complexity index is 1240. The second kappa shape index (κ2) is 6.64. The van der Waals surface area contributed by atoms with Gasteiger partial charge in [0.1, 0.15) is 28.7 Å². The summed E-state index contributed by atoms with van der Waals surface area (Å²) in [6.45, 7) is 1.92. The number of ether oxygens (including phenoxy) is 4. The number of fused-ring (bicyclic) bond motifs is 4. The molecule has 0 spiro atoms. The predicted octanol–water partition coefficient (Wildman–Crippen LogP) is 4.39. The zero-order valence-corrected chi connectivity index (χ0v) is 16.3. The molecule has 0 heterocycles. The van der Waals surface area contributed by atoms with Crippen LogP contribution in [0.3, 0.4) is 0 Å². The number of benzene rings is 3. The third-order valence-electron chi connectivity index (χ3n) is 4.98. The van der Waals surface area contributed by atoms with Crippen molar-refractivity contribution in [2.45, 2.75) is 6.92 Å². The van der Waals surface area contributed by atoms with E-state index in [4.69, 9.17) is 21.7 Å². The molecule has 0 amide bonds. The lowest BCUT2D eigenvalue weighted by atomic mass is 9.96. The summed E-state index contributed by atoms with van der Waals surface area (Å²) in [5, 5.41) is 14.4. The van der Waals surface area contributed by atoms with Crippen molar-refractivity contribution < 1.29 is 26.9 Å². The summed E-state index contributed by atoms with van der Waals surface area (Å²) in [4.78, 5) is 0. The normalized spacial score (nSPS) is 14.4. The molecule has 3 aromatic rings. The van der Waals surface area contributed by atoms with Gasteiger partial charge in [-0.15, -0.1) is 0 Å². The van der Waals surface area contributed by atoms with Crippen molar-refractivity contribution in [3.63, 3.8) is 0 Å². The second-order valence-corrected chi connectivity index (χ2v) is 6.37. The lowest BCUT2D eigenvalue weighted by Crippen LogP contribution is -2.04. The van der Waals surface area contributed by atoms with Crippen LogP contribution >= 0.6 is 0 Å². The molecule has 0 saturated heterocycles. The first-order valence-corrected chi connectivity index (χ1v) is 8.61. The number of methoxy groups -OCH3 is 4. The minimum absolute atomic E-state index is 0.0433. The van der Waals surface area contributed by atoms with Gasteiger partial charge in [0.05, 0.1) is 42.1 Å². The Kier molecular flexibility index (Phi) is 3.70. The van der Waals surface area contributed by atoms with Crippen LogP contribution in [-0.2, 0) is 0 Å². The van der Waals surface area contributed by atoms with Crippen molar-refractivity contribution in [2.24, 2.45) is 5.16 Å². The first-order chi connectivity index (χ1) is 14.4. The van der Waals surface area contributed by atoms with E-state index in [1.807, 2.05) is 19.1 Å². The molecule has 0 aliphatic heterocycles. The summed E-state index contributed by atoms with van der Waals surface area (Å²) < 4.78 is 39.5. The van der Waals surface area contributed by atoms with Gasteiger partial charge in [0, 0.05) is 22.1 Å². The zero-order valence-electron chi connectivity index (χ0n) is 18.3. The van der Waals surface area contributed by atoms with E-state index in [0.29, 0.717) is 56.0 Å². The first kappa shape index (κ1) is 15.6. The summed E-state index contributed by atoms with van der Waals surface area (Å²) >= 11 is 0. The molecule has 0 atom stereocenters. The van der Waals surface area contributed by atoms with Gasteiger partial charge in [-0.05, 0) is 30.7 Å². The molecule has 0 unspecified atom stereocenters. The standard InChI is InChI=1S/C22H21NO5/c1-11-9-13-16(15(10-11)26-3)18-19(20(13)23-24)22(28-5)17-12(21(18)27-4)7-6-8-14(17)25-2/h6-10,24H,1-5H3/b23-20+/i7D,8D. The highest BCUT2D eigenvalue weighted by Gasteiger charge is 2.37. The van der Waals surface area contributed by atoms with Gasteiger partial charge in [-0.3, -0.25) is 0 Å². The SMILES string of the molecule is [2H]c1cc([2H])c2c(OC)c3c(c(OC)c2c1OC)/C(=N/O)c1cc(C)cc(OC)c1-3. The van der Waals surface area contributed by atoms with Crippen LogP contribution in [-0.4, -0.2) is 39.4 Å². The summed E-state index contributed by atoms with van der Waals surface area (Å²) in [6.07, 6.45) is 0. The minimum atomic E-state index is 0.0433. The van der Waals surface area contributed by atoms with Gasteiger partial charge < -0.3 is 24.2 Å². The molecular weight excluding hydrogens is 358 g/mol. The highest BCUT2D eigenvalue weighted by molar-refractivity contribution is 6.30. The Morgan fingerprint density at radius 3 is 2.18 bits per heavy atom. The molecule has 4 rings (SSSR count). The van der Waals surface area contributed by atoms with Crippen molar-refractivity contribution >= 4 is 16.5 Å². The summed E-state index contributed by atoms with van der Waals surface area (Å²) in [7, 11) is 6.02. The minimum Gasteiger partial charge on any atom is -0.496 e. The van der Waals surface area contributed by atoms with Gasteiger partial charge >= 0.3 is 0 Å². The van der Waals surface area contributed by atoms with E-state index in [-0.39, 0.29) is 17.8 Å². The van der Waals surface area contributed by atoms with Crippen molar-refractivity contribution in [1.29, 1.82) is 0 Å². The van der Waals surface area contributed by atoms with E-state index < -0.39 is 0 Å². The van der Waals surface area contributed by atoms with E-state index >= 15 is 0 Å². The number of aryl methyl sites for hydroxylation is 1. The highest BCUT2D eigenvalue weighted by atomic mass is 16.5. The Balaban J connectivity index is 2.35. The average Bonchev–Trinajstić information content (AvgIpc) is 3.05. The fourth-order valence-corrected chi connectivity index (χ4v) is 3.94. The lowest BCUT2D eigenvalue weighted by Gasteiger charge is -2.19. The van der Waals surface area contributed by atoms with E-state index in [9.17, 15) is 5.21 Å². The Morgan fingerprint density at radius 2 is 1.57 bits per heavy atom. The molecule has 0 fully saturated rings. The molecule has 28 heavy (non-hydrogen) atoms. The average molecular weight is 381 g/mol. The molecule has 0 radical (unpaired) electrons. The Morgan fingerprint density at radius 1 is 0.857 bits per heavy atom. The maximum atomic E-state index is 9.95. The molecule has 0 bridgehead atoms. The van der Waals surface area contributed by atoms with Crippen molar-refractivity contribution in [3.8, 4) is 34.1 Å². The maximum absolute atomic E-state index is 9.95. The quantitative estimate of drug-likeness (QED) is 0.419. The molecule has 3 aromatic carbocycles. The van der Waals surface area contributed by atoms with Crippen LogP contribution in [0.2, 0.25) is 0 Å². The lowest BCUT2D eigenvalue weighted by molar-refractivity contribution is 0.319. The molecule has 6 nitrogen and oxygen atoms in total. The fourth-order valence-electron chi connectivity index (χ4n) is 3.94. The van der Waals surface area contributed by atoms with E-state index in [2.05, 4.69) is 5.16 Å². The Hall–Kier alpha value is -3.41. The third-order valence-corrected chi connectivity index (χ3v) is 4.98. The molecule has 1 aliphatic rings. The molecule has 1 aliphatic carbocycles. The number of hydrogen-bond acceptors (Lipinski definition) is 6. The number of rotatable bonds is 4. The number of hydrogen-bond donors (Lipinski definition) is 1. The van der Waals surface area contributed by atoms with Gasteiger partial charge in [0.2, 0.25) is 0 Å². The smallest absolute Gasteiger partial charge is 0.140 e. The summed E-state index contributed by atoms with van der Waals surface area (Å²) in [5.74, 6) is 1.56. The van der Waals surface area contributed by atoms with Crippen LogP contribution in [0.1, 0.15) is 19.4 Å². The van der Waals surface area contributed by atoms with Crippen molar-refractivity contribution in [1.82, 2.24) is 0 Å². The summed E-state index contributed by atoms with van der Waals surface area (Å²) in [6, 6.07) is 5.32. The molecule has 0 saturated carbocycles. The highest BCUT2D eigenvalue weighted by Crippen LogP contribution is 2.55. The topological polar surface area (TPSA) is 69.5 Å². The molecule has 1 N–H and O–H groups in total. The van der Waals surface area contributed by atoms with Crippen LogP contribution in [0, 0.1) is 6.92 Å². The molecular formula is C22H21NO5.